The van der Waals surface area contributed by atoms with Crippen molar-refractivity contribution >= 4 is 21.9 Å². The van der Waals surface area contributed by atoms with Crippen molar-refractivity contribution in [3.05, 3.63) is 64.1 Å². The molecule has 0 fully saturated rings. The number of halogens is 1. The Morgan fingerprint density at radius 1 is 1.12 bits per heavy atom. The Balaban J connectivity index is 1.96. The van der Waals surface area contributed by atoms with E-state index in [9.17, 15) is 4.79 Å². The minimum Gasteiger partial charge on any atom is -0.489 e. The zero-order chi connectivity index (χ0) is 19.2. The minimum absolute atomic E-state index is 0.0972. The maximum atomic E-state index is 11.8. The molecule has 0 N–H and O–H groups in total. The fourth-order valence-corrected chi connectivity index (χ4v) is 2.89. The molecule has 0 heterocycles. The van der Waals surface area contributed by atoms with Crippen molar-refractivity contribution in [3.8, 4) is 5.75 Å². The topological polar surface area (TPSA) is 44.8 Å². The molecule has 0 aromatic heterocycles. The monoisotopic (exact) mass is 420 g/mol. The van der Waals surface area contributed by atoms with E-state index in [4.69, 9.17) is 14.2 Å². The standard InChI is InChI=1S/C21H25BrO4/c1-15(24-14-20(23)26-21(2,3)4)18-12-17(10-11-19(18)22)25-13-16-8-6-5-7-9-16/h5-12,15H,13-14H2,1-4H3. The first-order valence-electron chi connectivity index (χ1n) is 8.54. The number of ether oxygens (including phenoxy) is 3. The molecule has 2 rings (SSSR count). The van der Waals surface area contributed by atoms with Crippen LogP contribution in [0.25, 0.3) is 0 Å². The van der Waals surface area contributed by atoms with Gasteiger partial charge in [0.25, 0.3) is 0 Å². The molecule has 0 spiro atoms. The van der Waals surface area contributed by atoms with Gasteiger partial charge in [-0.3, -0.25) is 0 Å². The van der Waals surface area contributed by atoms with Crippen LogP contribution in [0.15, 0.2) is 53.0 Å². The van der Waals surface area contributed by atoms with E-state index in [1.165, 1.54) is 0 Å². The summed E-state index contributed by atoms with van der Waals surface area (Å²) in [5.74, 6) is 0.372. The molecule has 0 aliphatic carbocycles. The van der Waals surface area contributed by atoms with Crippen LogP contribution in [0.5, 0.6) is 5.75 Å². The van der Waals surface area contributed by atoms with Crippen molar-refractivity contribution in [2.75, 3.05) is 6.61 Å². The molecule has 1 atom stereocenters. The average molecular weight is 421 g/mol. The van der Waals surface area contributed by atoms with E-state index in [2.05, 4.69) is 15.9 Å². The van der Waals surface area contributed by atoms with Crippen LogP contribution in [-0.2, 0) is 20.9 Å². The lowest BCUT2D eigenvalue weighted by molar-refractivity contribution is -0.162. The molecule has 1 unspecified atom stereocenters. The molecule has 0 amide bonds. The number of hydrogen-bond acceptors (Lipinski definition) is 4. The zero-order valence-corrected chi connectivity index (χ0v) is 17.2. The zero-order valence-electron chi connectivity index (χ0n) is 15.6. The summed E-state index contributed by atoms with van der Waals surface area (Å²) in [6.07, 6.45) is -0.280. The molecule has 0 bridgehead atoms. The number of esters is 1. The lowest BCUT2D eigenvalue weighted by Crippen LogP contribution is -2.26. The summed E-state index contributed by atoms with van der Waals surface area (Å²) in [7, 11) is 0. The third-order valence-corrected chi connectivity index (χ3v) is 4.25. The van der Waals surface area contributed by atoms with Gasteiger partial charge < -0.3 is 14.2 Å². The van der Waals surface area contributed by atoms with Crippen molar-refractivity contribution in [2.45, 2.75) is 46.0 Å². The van der Waals surface area contributed by atoms with E-state index in [1.54, 1.807) is 0 Å². The van der Waals surface area contributed by atoms with Gasteiger partial charge in [0.1, 0.15) is 24.6 Å². The molecule has 4 nitrogen and oxygen atoms in total. The summed E-state index contributed by atoms with van der Waals surface area (Å²) in [5, 5.41) is 0. The van der Waals surface area contributed by atoms with Crippen molar-refractivity contribution < 1.29 is 19.0 Å². The quantitative estimate of drug-likeness (QED) is 0.558. The van der Waals surface area contributed by atoms with Crippen LogP contribution in [0.3, 0.4) is 0 Å². The third-order valence-electron chi connectivity index (χ3n) is 3.52. The Morgan fingerprint density at radius 2 is 1.81 bits per heavy atom. The summed E-state index contributed by atoms with van der Waals surface area (Å²) in [5.41, 5.74) is 1.50. The lowest BCUT2D eigenvalue weighted by Gasteiger charge is -2.21. The van der Waals surface area contributed by atoms with Gasteiger partial charge in [-0.05, 0) is 57.0 Å². The van der Waals surface area contributed by atoms with Crippen LogP contribution in [0.1, 0.15) is 44.9 Å². The van der Waals surface area contributed by atoms with E-state index in [1.807, 2.05) is 76.2 Å². The van der Waals surface area contributed by atoms with Gasteiger partial charge in [-0.15, -0.1) is 0 Å². The number of rotatable bonds is 7. The molecule has 2 aromatic carbocycles. The fourth-order valence-electron chi connectivity index (χ4n) is 2.32. The van der Waals surface area contributed by atoms with Gasteiger partial charge in [-0.2, -0.15) is 0 Å². The number of carbonyl (C=O) groups is 1. The average Bonchev–Trinajstić information content (AvgIpc) is 2.58. The second-order valence-corrected chi connectivity index (χ2v) is 7.85. The van der Waals surface area contributed by atoms with Gasteiger partial charge >= 0.3 is 5.97 Å². The molecular weight excluding hydrogens is 396 g/mol. The second-order valence-electron chi connectivity index (χ2n) is 7.00. The van der Waals surface area contributed by atoms with Crippen molar-refractivity contribution in [1.82, 2.24) is 0 Å². The first-order chi connectivity index (χ1) is 12.2. The Bertz CT molecular complexity index is 723. The molecule has 2 aromatic rings. The minimum atomic E-state index is -0.518. The first kappa shape index (κ1) is 20.5. The normalized spacial score (nSPS) is 12.5. The Kier molecular flexibility index (Phi) is 7.23. The van der Waals surface area contributed by atoms with Gasteiger partial charge in [-0.1, -0.05) is 46.3 Å². The van der Waals surface area contributed by atoms with Crippen LogP contribution < -0.4 is 4.74 Å². The van der Waals surface area contributed by atoms with Crippen LogP contribution in [0.4, 0.5) is 0 Å². The van der Waals surface area contributed by atoms with Crippen molar-refractivity contribution in [2.24, 2.45) is 0 Å². The Hall–Kier alpha value is -1.85. The summed E-state index contributed by atoms with van der Waals surface area (Å²) < 4.78 is 17.7. The van der Waals surface area contributed by atoms with Crippen molar-refractivity contribution in [1.29, 1.82) is 0 Å². The molecule has 5 heteroatoms. The van der Waals surface area contributed by atoms with Crippen molar-refractivity contribution in [3.63, 3.8) is 0 Å². The van der Waals surface area contributed by atoms with E-state index in [-0.39, 0.29) is 18.7 Å². The molecule has 26 heavy (non-hydrogen) atoms. The number of hydrogen-bond donors (Lipinski definition) is 0. The molecule has 140 valence electrons. The van der Waals surface area contributed by atoms with Gasteiger partial charge in [-0.25, -0.2) is 4.79 Å². The van der Waals surface area contributed by atoms with Gasteiger partial charge in [0.2, 0.25) is 0 Å². The van der Waals surface area contributed by atoms with E-state index < -0.39 is 5.60 Å². The summed E-state index contributed by atoms with van der Waals surface area (Å²) in [6.45, 7) is 7.79. The Morgan fingerprint density at radius 3 is 2.46 bits per heavy atom. The predicted octanol–water partition coefficient (Wildman–Crippen LogP) is 5.45. The van der Waals surface area contributed by atoms with E-state index in [0.29, 0.717) is 6.61 Å². The number of carbonyl (C=O) groups excluding carboxylic acids is 1. The highest BCUT2D eigenvalue weighted by atomic mass is 79.9. The largest absolute Gasteiger partial charge is 0.489 e. The maximum Gasteiger partial charge on any atom is 0.332 e. The lowest BCUT2D eigenvalue weighted by atomic mass is 10.1. The summed E-state index contributed by atoms with van der Waals surface area (Å²) in [4.78, 5) is 11.8. The highest BCUT2D eigenvalue weighted by Crippen LogP contribution is 2.30. The molecule has 0 saturated heterocycles. The first-order valence-corrected chi connectivity index (χ1v) is 9.33. The van der Waals surface area contributed by atoms with Crippen LogP contribution in [-0.4, -0.2) is 18.2 Å². The SMILES string of the molecule is CC(OCC(=O)OC(C)(C)C)c1cc(OCc2ccccc2)ccc1Br. The smallest absolute Gasteiger partial charge is 0.332 e. The third kappa shape index (κ3) is 6.81. The summed E-state index contributed by atoms with van der Waals surface area (Å²) >= 11 is 3.53. The van der Waals surface area contributed by atoms with Crippen LogP contribution in [0, 0.1) is 0 Å². The van der Waals surface area contributed by atoms with Gasteiger partial charge in [0, 0.05) is 4.47 Å². The molecular formula is C21H25BrO4. The molecule has 0 aliphatic heterocycles. The maximum absolute atomic E-state index is 11.8. The molecule has 0 radical (unpaired) electrons. The van der Waals surface area contributed by atoms with Gasteiger partial charge in [0.05, 0.1) is 6.10 Å². The second kappa shape index (κ2) is 9.19. The number of benzene rings is 2. The molecule has 0 aliphatic rings. The predicted molar refractivity (Wildman–Crippen MR) is 105 cm³/mol. The summed E-state index contributed by atoms with van der Waals surface area (Å²) in [6, 6.07) is 15.7. The fraction of sp³-hybridized carbons (Fsp3) is 0.381. The highest BCUT2D eigenvalue weighted by molar-refractivity contribution is 9.10. The highest BCUT2D eigenvalue weighted by Gasteiger charge is 2.18. The van der Waals surface area contributed by atoms with E-state index in [0.717, 1.165) is 21.3 Å². The van der Waals surface area contributed by atoms with E-state index >= 15 is 0 Å². The van der Waals surface area contributed by atoms with Crippen LogP contribution in [0.2, 0.25) is 0 Å². The Labute approximate surface area is 163 Å². The molecule has 0 saturated carbocycles. The van der Waals surface area contributed by atoms with Gasteiger partial charge in [0.15, 0.2) is 0 Å². The van der Waals surface area contributed by atoms with Crippen LogP contribution >= 0.6 is 15.9 Å².